The summed E-state index contributed by atoms with van der Waals surface area (Å²) in [5.41, 5.74) is 7.49. The van der Waals surface area contributed by atoms with Crippen LogP contribution in [0.3, 0.4) is 0 Å². The van der Waals surface area contributed by atoms with Crippen LogP contribution >= 0.6 is 0 Å². The number of carbonyl (C=O) groups excluding carboxylic acids is 2. The van der Waals surface area contributed by atoms with E-state index in [0.29, 0.717) is 17.5 Å². The van der Waals surface area contributed by atoms with Crippen LogP contribution in [0.5, 0.6) is 0 Å². The molecular formula is C40H45NO2. The van der Waals surface area contributed by atoms with E-state index in [1.54, 1.807) is 12.4 Å². The third-order valence-electron chi connectivity index (χ3n) is 9.56. The highest BCUT2D eigenvalue weighted by atomic mass is 16.1. The maximum atomic E-state index is 14.6. The Hall–Kier alpha value is -3.85. The third kappa shape index (κ3) is 7.57. The number of rotatable bonds is 12. The van der Waals surface area contributed by atoms with Crippen LogP contribution in [0.25, 0.3) is 0 Å². The van der Waals surface area contributed by atoms with Crippen LogP contribution in [-0.4, -0.2) is 17.1 Å². The predicted molar refractivity (Wildman–Crippen MR) is 177 cm³/mol. The van der Waals surface area contributed by atoms with E-state index in [2.05, 4.69) is 67.4 Å². The minimum atomic E-state index is -0.832. The van der Waals surface area contributed by atoms with Gasteiger partial charge in [0.05, 0.1) is 5.41 Å². The minimum absolute atomic E-state index is 0.00861. The van der Waals surface area contributed by atoms with Crippen LogP contribution in [0.15, 0.2) is 114 Å². The fourth-order valence-electron chi connectivity index (χ4n) is 6.97. The lowest BCUT2D eigenvalue weighted by Gasteiger charge is -2.31. The molecule has 3 heteroatoms. The highest BCUT2D eigenvalue weighted by Gasteiger charge is 2.38. The molecule has 1 fully saturated rings. The van der Waals surface area contributed by atoms with Crippen molar-refractivity contribution in [2.75, 3.05) is 0 Å². The normalized spacial score (nSPS) is 18.6. The zero-order chi connectivity index (χ0) is 30.1. The largest absolute Gasteiger partial charge is 0.298 e. The molecule has 0 bridgehead atoms. The molecule has 222 valence electrons. The molecule has 1 unspecified atom stereocenters. The van der Waals surface area contributed by atoms with Gasteiger partial charge in [-0.15, -0.1) is 0 Å². The summed E-state index contributed by atoms with van der Waals surface area (Å²) in [4.78, 5) is 31.3. The average Bonchev–Trinajstić information content (AvgIpc) is 3.28. The van der Waals surface area contributed by atoms with Gasteiger partial charge >= 0.3 is 0 Å². The molecule has 3 aliphatic rings. The van der Waals surface area contributed by atoms with Crippen LogP contribution in [-0.2, 0) is 12.8 Å². The van der Waals surface area contributed by atoms with Gasteiger partial charge in [-0.25, -0.2) is 0 Å². The first-order valence-corrected chi connectivity index (χ1v) is 16.1. The van der Waals surface area contributed by atoms with Gasteiger partial charge < -0.3 is 0 Å². The van der Waals surface area contributed by atoms with Gasteiger partial charge in [-0.3, -0.25) is 14.6 Å². The van der Waals surface area contributed by atoms with Crippen molar-refractivity contribution in [3.05, 3.63) is 136 Å². The van der Waals surface area contributed by atoms with E-state index in [-0.39, 0.29) is 5.78 Å². The molecule has 0 saturated heterocycles. The molecule has 0 amide bonds. The molecule has 3 aliphatic carbocycles. The van der Waals surface area contributed by atoms with Gasteiger partial charge in [0.25, 0.3) is 0 Å². The number of aromatic nitrogens is 1. The van der Waals surface area contributed by atoms with Gasteiger partial charge in [-0.05, 0) is 104 Å². The number of hydrogen-bond acceptors (Lipinski definition) is 3. The lowest BCUT2D eigenvalue weighted by atomic mass is 9.70. The number of aryl methyl sites for hydroxylation is 1. The zero-order valence-electron chi connectivity index (χ0n) is 25.9. The molecule has 5 rings (SSSR count). The van der Waals surface area contributed by atoms with Crippen LogP contribution in [0, 0.1) is 11.3 Å². The third-order valence-corrected chi connectivity index (χ3v) is 9.56. The van der Waals surface area contributed by atoms with Gasteiger partial charge in [0, 0.05) is 23.5 Å². The van der Waals surface area contributed by atoms with E-state index >= 15 is 0 Å². The lowest BCUT2D eigenvalue weighted by Crippen LogP contribution is -2.33. The van der Waals surface area contributed by atoms with Gasteiger partial charge in [-0.1, -0.05) is 98.9 Å². The number of ketones is 1. The SMILES string of the molecule is CCC1=C(CC2CCCC2)CC=C(C(C)(Cc2ccncc2)C(=O)c2ccc(CCC3=CC=CCC=C3)cc2C=O)C=C1. The smallest absolute Gasteiger partial charge is 0.174 e. The fraction of sp³-hybridized carbons (Fsp3) is 0.375. The Morgan fingerprint density at radius 1 is 1.00 bits per heavy atom. The van der Waals surface area contributed by atoms with Gasteiger partial charge in [-0.2, -0.15) is 0 Å². The standard InChI is InChI=1S/C40H45NO2/c1-3-34-17-19-37(20-18-35(34)26-31-12-8-9-13-31)40(2,28-33-22-24-41-25-23-33)39(43)38-21-16-32(27-36(38)29-42)15-14-30-10-6-4-5-7-11-30/h4,6-7,10-11,16-17,19-25,27,29,31H,3,5,8-9,12-15,18,26,28H2,1-2H3. The summed E-state index contributed by atoms with van der Waals surface area (Å²) in [7, 11) is 0. The first-order chi connectivity index (χ1) is 21.0. The number of Topliss-reactive ketones (excluding diaryl/α,β-unsaturated/α-hetero) is 1. The monoisotopic (exact) mass is 571 g/mol. The highest BCUT2D eigenvalue weighted by Crippen LogP contribution is 2.41. The summed E-state index contributed by atoms with van der Waals surface area (Å²) in [6, 6.07) is 9.80. The van der Waals surface area contributed by atoms with Crippen molar-refractivity contribution in [2.45, 2.75) is 84.5 Å². The number of hydrogen-bond donors (Lipinski definition) is 0. The van der Waals surface area contributed by atoms with Gasteiger partial charge in [0.15, 0.2) is 12.1 Å². The molecule has 0 N–H and O–H groups in total. The zero-order valence-corrected chi connectivity index (χ0v) is 25.9. The Labute approximate surface area is 257 Å². The summed E-state index contributed by atoms with van der Waals surface area (Å²) in [6.07, 6.45) is 33.5. The Balaban J connectivity index is 1.44. The average molecular weight is 572 g/mol. The summed E-state index contributed by atoms with van der Waals surface area (Å²) >= 11 is 0. The number of aldehydes is 1. The van der Waals surface area contributed by atoms with E-state index in [1.165, 1.54) is 42.4 Å². The van der Waals surface area contributed by atoms with Crippen molar-refractivity contribution in [3.8, 4) is 0 Å². The van der Waals surface area contributed by atoms with E-state index in [1.807, 2.05) is 30.3 Å². The van der Waals surface area contributed by atoms with E-state index in [4.69, 9.17) is 0 Å². The topological polar surface area (TPSA) is 47.0 Å². The van der Waals surface area contributed by atoms with Crippen molar-refractivity contribution >= 4 is 12.1 Å². The second-order valence-electron chi connectivity index (χ2n) is 12.6. The second-order valence-corrected chi connectivity index (χ2v) is 12.6. The van der Waals surface area contributed by atoms with Crippen molar-refractivity contribution in [1.82, 2.24) is 4.98 Å². The fourth-order valence-corrected chi connectivity index (χ4v) is 6.97. The number of pyridine rings is 1. The van der Waals surface area contributed by atoms with E-state index in [0.717, 1.165) is 67.4 Å². The van der Waals surface area contributed by atoms with Gasteiger partial charge in [0.2, 0.25) is 0 Å². The van der Waals surface area contributed by atoms with Crippen LogP contribution in [0.4, 0.5) is 0 Å². The van der Waals surface area contributed by atoms with E-state index in [9.17, 15) is 9.59 Å². The van der Waals surface area contributed by atoms with Crippen molar-refractivity contribution in [3.63, 3.8) is 0 Å². The molecule has 1 aromatic heterocycles. The maximum absolute atomic E-state index is 14.6. The highest BCUT2D eigenvalue weighted by molar-refractivity contribution is 6.07. The van der Waals surface area contributed by atoms with Crippen molar-refractivity contribution < 1.29 is 9.59 Å². The van der Waals surface area contributed by atoms with Crippen LogP contribution in [0.2, 0.25) is 0 Å². The lowest BCUT2D eigenvalue weighted by molar-refractivity contribution is 0.0856. The Bertz CT molecular complexity index is 1490. The summed E-state index contributed by atoms with van der Waals surface area (Å²) in [5, 5.41) is 0. The molecule has 1 heterocycles. The van der Waals surface area contributed by atoms with E-state index < -0.39 is 5.41 Å². The van der Waals surface area contributed by atoms with Gasteiger partial charge in [0.1, 0.15) is 0 Å². The molecule has 1 saturated carbocycles. The maximum Gasteiger partial charge on any atom is 0.174 e. The quantitative estimate of drug-likeness (QED) is 0.188. The Morgan fingerprint density at radius 2 is 1.81 bits per heavy atom. The first kappa shape index (κ1) is 30.6. The minimum Gasteiger partial charge on any atom is -0.298 e. The molecule has 0 aliphatic heterocycles. The molecule has 0 radical (unpaired) electrons. The molecule has 1 atom stereocenters. The van der Waals surface area contributed by atoms with Crippen molar-refractivity contribution in [1.29, 1.82) is 0 Å². The molecule has 0 spiro atoms. The predicted octanol–water partition coefficient (Wildman–Crippen LogP) is 9.87. The summed E-state index contributed by atoms with van der Waals surface area (Å²) in [6.45, 7) is 4.29. The molecule has 3 nitrogen and oxygen atoms in total. The number of carbonyl (C=O) groups is 2. The second kappa shape index (κ2) is 14.6. The molecular weight excluding hydrogens is 526 g/mol. The first-order valence-electron chi connectivity index (χ1n) is 16.1. The van der Waals surface area contributed by atoms with Crippen LogP contribution < -0.4 is 0 Å². The van der Waals surface area contributed by atoms with Crippen molar-refractivity contribution in [2.24, 2.45) is 11.3 Å². The summed E-state index contributed by atoms with van der Waals surface area (Å²) < 4.78 is 0. The molecule has 1 aromatic carbocycles. The Kier molecular flexibility index (Phi) is 10.4. The van der Waals surface area contributed by atoms with Crippen LogP contribution in [0.1, 0.15) is 103 Å². The number of nitrogens with zero attached hydrogens (tertiary/aromatic N) is 1. The Morgan fingerprint density at radius 3 is 2.58 bits per heavy atom. The summed E-state index contributed by atoms with van der Waals surface area (Å²) in [5.74, 6) is 0.774. The molecule has 2 aromatic rings. The number of benzene rings is 1. The molecule has 43 heavy (non-hydrogen) atoms. The number of allylic oxidation sites excluding steroid dienone is 12.